The maximum Gasteiger partial charge on any atom is 0.201 e. The lowest BCUT2D eigenvalue weighted by Gasteiger charge is -2.10. The van der Waals surface area contributed by atoms with E-state index in [1.54, 1.807) is 25.3 Å². The monoisotopic (exact) mass is 435 g/mol. The van der Waals surface area contributed by atoms with E-state index in [9.17, 15) is 13.9 Å². The zero-order valence-electron chi connectivity index (χ0n) is 18.1. The van der Waals surface area contributed by atoms with Crippen LogP contribution in [0.2, 0.25) is 0 Å². The number of unbranched alkanes of at least 4 members (excludes halogenated alkanes) is 1. The molecule has 2 aromatic carbocycles. The second-order valence-electron chi connectivity index (χ2n) is 7.57. The van der Waals surface area contributed by atoms with Gasteiger partial charge in [0.25, 0.3) is 0 Å². The van der Waals surface area contributed by atoms with Crippen molar-refractivity contribution in [1.29, 1.82) is 0 Å². The number of aliphatic hydroxyl groups excluding tert-OH is 1. The number of allylic oxidation sites excluding steroid dienone is 1. The van der Waals surface area contributed by atoms with Crippen LogP contribution in [-0.2, 0) is 0 Å². The molecule has 0 saturated heterocycles. The van der Waals surface area contributed by atoms with E-state index in [-0.39, 0.29) is 24.0 Å². The van der Waals surface area contributed by atoms with Gasteiger partial charge in [0.2, 0.25) is 5.82 Å². The largest absolute Gasteiger partial charge is 0.486 e. The van der Waals surface area contributed by atoms with Gasteiger partial charge in [-0.15, -0.1) is 0 Å². The molecule has 0 radical (unpaired) electrons. The number of hydrogen-bond acceptors (Lipinski definition) is 3. The van der Waals surface area contributed by atoms with Gasteiger partial charge in [0.15, 0.2) is 11.6 Å². The van der Waals surface area contributed by atoms with Gasteiger partial charge in [0, 0.05) is 17.3 Å². The van der Waals surface area contributed by atoms with Gasteiger partial charge < -0.3 is 9.84 Å². The number of halogens is 2. The Bertz CT molecular complexity index is 1060. The number of benzene rings is 2. The summed E-state index contributed by atoms with van der Waals surface area (Å²) >= 11 is 0. The van der Waals surface area contributed by atoms with E-state index < -0.39 is 11.6 Å². The normalized spacial score (nSPS) is 12.1. The van der Waals surface area contributed by atoms with E-state index in [1.165, 1.54) is 18.2 Å². The second kappa shape index (κ2) is 11.3. The Morgan fingerprint density at radius 3 is 2.38 bits per heavy atom. The topological polar surface area (TPSA) is 42.4 Å². The highest BCUT2D eigenvalue weighted by atomic mass is 19.2. The van der Waals surface area contributed by atoms with E-state index in [0.29, 0.717) is 5.56 Å². The molecule has 3 aromatic rings. The summed E-state index contributed by atoms with van der Waals surface area (Å²) in [4.78, 5) is 4.46. The summed E-state index contributed by atoms with van der Waals surface area (Å²) in [6.07, 6.45) is 9.64. The van der Waals surface area contributed by atoms with Gasteiger partial charge in [-0.05, 0) is 61.6 Å². The number of nitrogens with zero attached hydrogens (tertiary/aromatic N) is 1. The van der Waals surface area contributed by atoms with E-state index in [1.807, 2.05) is 30.3 Å². The first-order chi connectivity index (χ1) is 15.5. The van der Waals surface area contributed by atoms with Gasteiger partial charge in [0.1, 0.15) is 6.61 Å². The fraction of sp³-hybridized carbons (Fsp3) is 0.222. The molecule has 1 aromatic heterocycles. The van der Waals surface area contributed by atoms with Crippen LogP contribution in [0.4, 0.5) is 8.78 Å². The predicted molar refractivity (Wildman–Crippen MR) is 125 cm³/mol. The van der Waals surface area contributed by atoms with Crippen LogP contribution in [0.1, 0.15) is 31.9 Å². The molecule has 3 rings (SSSR count). The van der Waals surface area contributed by atoms with Crippen LogP contribution in [0.15, 0.2) is 73.5 Å². The first kappa shape index (κ1) is 23.4. The van der Waals surface area contributed by atoms with Crippen molar-refractivity contribution in [3.63, 3.8) is 0 Å². The number of aromatic nitrogens is 1. The van der Waals surface area contributed by atoms with Crippen molar-refractivity contribution in [2.24, 2.45) is 0 Å². The van der Waals surface area contributed by atoms with Crippen molar-refractivity contribution in [2.75, 3.05) is 6.61 Å². The number of hydrogen-bond donors (Lipinski definition) is 1. The van der Waals surface area contributed by atoms with Crippen LogP contribution in [0, 0.1) is 11.6 Å². The van der Waals surface area contributed by atoms with E-state index in [2.05, 4.69) is 17.6 Å². The van der Waals surface area contributed by atoms with Gasteiger partial charge in [-0.25, -0.2) is 4.39 Å². The second-order valence-corrected chi connectivity index (χ2v) is 7.57. The molecule has 0 amide bonds. The van der Waals surface area contributed by atoms with Gasteiger partial charge >= 0.3 is 0 Å². The van der Waals surface area contributed by atoms with Crippen molar-refractivity contribution in [2.45, 2.75) is 32.3 Å². The van der Waals surface area contributed by atoms with Crippen LogP contribution in [0.3, 0.4) is 0 Å². The zero-order chi connectivity index (χ0) is 22.9. The first-order valence-corrected chi connectivity index (χ1v) is 10.6. The summed E-state index contributed by atoms with van der Waals surface area (Å²) in [6, 6.07) is 14.1. The molecule has 0 aliphatic heterocycles. The molecule has 3 nitrogen and oxygen atoms in total. The third-order valence-electron chi connectivity index (χ3n) is 5.00. The molecule has 0 fully saturated rings. The standard InChI is InChI=1S/C27H27F2NO2/c1-3-17-32-25-16-15-24(26(28)27(25)29)21-11-9-20(10-12-21)22-13-14-23(30-18-22)8-6-4-5-7-19(2)31/h3,6,8-16,18-19,31H,1,4-5,7,17H2,2H3. The fourth-order valence-corrected chi connectivity index (χ4v) is 3.27. The van der Waals surface area contributed by atoms with Crippen molar-refractivity contribution in [3.8, 4) is 28.0 Å². The highest BCUT2D eigenvalue weighted by Gasteiger charge is 2.15. The molecule has 1 N–H and O–H groups in total. The lowest BCUT2D eigenvalue weighted by molar-refractivity contribution is 0.182. The van der Waals surface area contributed by atoms with E-state index in [0.717, 1.165) is 36.1 Å². The summed E-state index contributed by atoms with van der Waals surface area (Å²) in [5.41, 5.74) is 3.47. The van der Waals surface area contributed by atoms with Gasteiger partial charge in [-0.3, -0.25) is 4.98 Å². The average Bonchev–Trinajstić information content (AvgIpc) is 2.80. The van der Waals surface area contributed by atoms with Gasteiger partial charge in [-0.1, -0.05) is 49.1 Å². The Kier molecular flexibility index (Phi) is 8.28. The predicted octanol–water partition coefficient (Wildman–Crippen LogP) is 6.82. The van der Waals surface area contributed by atoms with Crippen molar-refractivity contribution >= 4 is 6.08 Å². The molecule has 1 unspecified atom stereocenters. The summed E-state index contributed by atoms with van der Waals surface area (Å²) in [7, 11) is 0. The van der Waals surface area contributed by atoms with Crippen molar-refractivity contribution in [3.05, 3.63) is 90.8 Å². The highest BCUT2D eigenvalue weighted by molar-refractivity contribution is 5.71. The molecule has 5 heteroatoms. The molecule has 0 spiro atoms. The molecule has 0 aliphatic carbocycles. The maximum absolute atomic E-state index is 14.5. The maximum atomic E-state index is 14.5. The zero-order valence-corrected chi connectivity index (χ0v) is 18.1. The van der Waals surface area contributed by atoms with E-state index >= 15 is 0 Å². The summed E-state index contributed by atoms with van der Waals surface area (Å²) < 4.78 is 33.9. The first-order valence-electron chi connectivity index (χ1n) is 10.6. The third kappa shape index (κ3) is 6.11. The van der Waals surface area contributed by atoms with Crippen molar-refractivity contribution in [1.82, 2.24) is 4.98 Å². The van der Waals surface area contributed by atoms with Crippen molar-refractivity contribution < 1.29 is 18.6 Å². The third-order valence-corrected chi connectivity index (χ3v) is 5.00. The minimum atomic E-state index is -1.01. The lowest BCUT2D eigenvalue weighted by Crippen LogP contribution is -1.99. The highest BCUT2D eigenvalue weighted by Crippen LogP contribution is 2.31. The van der Waals surface area contributed by atoms with Crippen LogP contribution in [0.5, 0.6) is 5.75 Å². The number of pyridine rings is 1. The molecule has 0 bridgehead atoms. The number of ether oxygens (including phenoxy) is 1. The molecule has 32 heavy (non-hydrogen) atoms. The molecule has 1 heterocycles. The summed E-state index contributed by atoms with van der Waals surface area (Å²) in [6.45, 7) is 5.40. The fourth-order valence-electron chi connectivity index (χ4n) is 3.27. The summed E-state index contributed by atoms with van der Waals surface area (Å²) in [5, 5.41) is 9.27. The molecule has 0 aliphatic rings. The smallest absolute Gasteiger partial charge is 0.201 e. The Hall–Kier alpha value is -3.31. The van der Waals surface area contributed by atoms with Crippen LogP contribution >= 0.6 is 0 Å². The van der Waals surface area contributed by atoms with Crippen LogP contribution < -0.4 is 4.74 Å². The molecular weight excluding hydrogens is 408 g/mol. The quantitative estimate of drug-likeness (QED) is 0.281. The molecule has 1 atom stereocenters. The van der Waals surface area contributed by atoms with Gasteiger partial charge in [-0.2, -0.15) is 4.39 Å². The van der Waals surface area contributed by atoms with E-state index in [4.69, 9.17) is 4.74 Å². The lowest BCUT2D eigenvalue weighted by atomic mass is 10.0. The Balaban J connectivity index is 1.69. The molecular formula is C27H27F2NO2. The Morgan fingerprint density at radius 2 is 1.72 bits per heavy atom. The van der Waals surface area contributed by atoms with Gasteiger partial charge in [0.05, 0.1) is 11.8 Å². The SMILES string of the molecule is C=CCOc1ccc(-c2ccc(-c3ccc(C=CCCCC(C)O)nc3)cc2)c(F)c1F. The Labute approximate surface area is 187 Å². The van der Waals surface area contributed by atoms with Crippen LogP contribution in [0.25, 0.3) is 28.3 Å². The minimum absolute atomic E-state index is 0.107. The molecule has 166 valence electrons. The van der Waals surface area contributed by atoms with Crippen LogP contribution in [-0.4, -0.2) is 22.8 Å². The summed E-state index contributed by atoms with van der Waals surface area (Å²) in [5.74, 6) is -2.08. The number of aliphatic hydroxyl groups is 1. The molecule has 0 saturated carbocycles. The Morgan fingerprint density at radius 1 is 1.00 bits per heavy atom. The minimum Gasteiger partial charge on any atom is -0.486 e. The number of rotatable bonds is 10. The average molecular weight is 436 g/mol.